The second-order valence-corrected chi connectivity index (χ2v) is 5.17. The first kappa shape index (κ1) is 17.2. The van der Waals surface area contributed by atoms with E-state index >= 15 is 0 Å². The van der Waals surface area contributed by atoms with Crippen LogP contribution in [0.4, 0.5) is 0 Å². The standard InChI is InChI=1S/C14H21NO4/c1-6-8-14(10-15,9-11(16)18-7-2)12(17)19-13(3,4)5/h6H,1,7-9H2,2-5H3. The molecule has 0 bridgehead atoms. The molecule has 0 fully saturated rings. The molecule has 0 aliphatic heterocycles. The number of hydrogen-bond donors (Lipinski definition) is 0. The molecule has 0 aliphatic carbocycles. The van der Waals surface area contributed by atoms with E-state index < -0.39 is 23.0 Å². The van der Waals surface area contributed by atoms with Crippen LogP contribution in [0.1, 0.15) is 40.5 Å². The molecule has 0 heterocycles. The Morgan fingerprint density at radius 1 is 1.37 bits per heavy atom. The molecule has 0 spiro atoms. The van der Waals surface area contributed by atoms with Gasteiger partial charge < -0.3 is 9.47 Å². The van der Waals surface area contributed by atoms with E-state index in [0.717, 1.165) is 0 Å². The smallest absolute Gasteiger partial charge is 0.327 e. The van der Waals surface area contributed by atoms with Crippen LogP contribution >= 0.6 is 0 Å². The van der Waals surface area contributed by atoms with Crippen LogP contribution in [0.25, 0.3) is 0 Å². The molecule has 0 radical (unpaired) electrons. The van der Waals surface area contributed by atoms with Gasteiger partial charge >= 0.3 is 11.9 Å². The summed E-state index contributed by atoms with van der Waals surface area (Å²) in [5.74, 6) is -1.33. The van der Waals surface area contributed by atoms with Gasteiger partial charge in [-0.15, -0.1) is 6.58 Å². The number of esters is 2. The molecule has 0 saturated carbocycles. The van der Waals surface area contributed by atoms with Crippen LogP contribution in [0, 0.1) is 16.7 Å². The first-order valence-electron chi connectivity index (χ1n) is 6.12. The summed E-state index contributed by atoms with van der Waals surface area (Å²) >= 11 is 0. The molecule has 5 nitrogen and oxygen atoms in total. The Kier molecular flexibility index (Phi) is 6.26. The third kappa shape index (κ3) is 5.56. The Morgan fingerprint density at radius 3 is 2.32 bits per heavy atom. The van der Waals surface area contributed by atoms with Crippen LogP contribution in [0.3, 0.4) is 0 Å². The van der Waals surface area contributed by atoms with Gasteiger partial charge in [0.05, 0.1) is 19.1 Å². The average Bonchev–Trinajstić information content (AvgIpc) is 2.26. The minimum atomic E-state index is -1.57. The van der Waals surface area contributed by atoms with Crippen molar-refractivity contribution in [3.8, 4) is 6.07 Å². The zero-order valence-corrected chi connectivity index (χ0v) is 12.0. The van der Waals surface area contributed by atoms with E-state index in [1.54, 1.807) is 27.7 Å². The maximum atomic E-state index is 12.1. The minimum Gasteiger partial charge on any atom is -0.466 e. The molecule has 0 aromatic heterocycles. The molecule has 0 rings (SSSR count). The zero-order chi connectivity index (χ0) is 15.1. The second kappa shape index (κ2) is 6.93. The quantitative estimate of drug-likeness (QED) is 0.545. The van der Waals surface area contributed by atoms with Crippen LogP contribution in [-0.2, 0) is 19.1 Å². The molecule has 0 saturated heterocycles. The summed E-state index contributed by atoms with van der Waals surface area (Å²) in [6.07, 6.45) is 1.13. The van der Waals surface area contributed by atoms with Gasteiger partial charge in [-0.2, -0.15) is 5.26 Å². The Morgan fingerprint density at radius 2 is 1.95 bits per heavy atom. The second-order valence-electron chi connectivity index (χ2n) is 5.17. The van der Waals surface area contributed by atoms with E-state index in [1.165, 1.54) is 6.08 Å². The highest BCUT2D eigenvalue weighted by atomic mass is 16.6. The van der Waals surface area contributed by atoms with Crippen molar-refractivity contribution >= 4 is 11.9 Å². The van der Waals surface area contributed by atoms with Crippen molar-refractivity contribution in [3.05, 3.63) is 12.7 Å². The summed E-state index contributed by atoms with van der Waals surface area (Å²) in [5, 5.41) is 9.29. The Labute approximate surface area is 114 Å². The van der Waals surface area contributed by atoms with Gasteiger partial charge in [0.2, 0.25) is 0 Å². The summed E-state index contributed by atoms with van der Waals surface area (Å²) in [6.45, 7) is 10.5. The molecular weight excluding hydrogens is 246 g/mol. The summed E-state index contributed by atoms with van der Waals surface area (Å²) in [5.41, 5.74) is -2.30. The molecule has 1 atom stereocenters. The Bertz CT molecular complexity index is 389. The fourth-order valence-electron chi connectivity index (χ4n) is 1.44. The van der Waals surface area contributed by atoms with Gasteiger partial charge in [-0.05, 0) is 34.1 Å². The van der Waals surface area contributed by atoms with E-state index in [-0.39, 0.29) is 19.4 Å². The van der Waals surface area contributed by atoms with Crippen LogP contribution in [-0.4, -0.2) is 24.1 Å². The fraction of sp³-hybridized carbons (Fsp3) is 0.643. The number of hydrogen-bond acceptors (Lipinski definition) is 5. The summed E-state index contributed by atoms with van der Waals surface area (Å²) < 4.78 is 10.0. The molecule has 19 heavy (non-hydrogen) atoms. The van der Waals surface area contributed by atoms with Crippen molar-refractivity contribution in [3.63, 3.8) is 0 Å². The van der Waals surface area contributed by atoms with Crippen LogP contribution in [0.15, 0.2) is 12.7 Å². The predicted molar refractivity (Wildman–Crippen MR) is 70.0 cm³/mol. The number of allylic oxidation sites excluding steroid dienone is 1. The molecule has 5 heteroatoms. The number of nitrogens with zero attached hydrogens (tertiary/aromatic N) is 1. The van der Waals surface area contributed by atoms with Crippen LogP contribution in [0.5, 0.6) is 0 Å². The molecular formula is C14H21NO4. The van der Waals surface area contributed by atoms with Gasteiger partial charge in [0.25, 0.3) is 0 Å². The summed E-state index contributed by atoms with van der Waals surface area (Å²) in [7, 11) is 0. The number of rotatable bonds is 6. The molecule has 1 unspecified atom stereocenters. The predicted octanol–water partition coefficient (Wildman–Crippen LogP) is 2.37. The van der Waals surface area contributed by atoms with Crippen molar-refractivity contribution in [1.82, 2.24) is 0 Å². The zero-order valence-electron chi connectivity index (χ0n) is 12.0. The SMILES string of the molecule is C=CCC(C#N)(CC(=O)OCC)C(=O)OC(C)(C)C. The summed E-state index contributed by atoms with van der Waals surface area (Å²) in [4.78, 5) is 23.7. The van der Waals surface area contributed by atoms with Crippen molar-refractivity contribution in [1.29, 1.82) is 5.26 Å². The number of carbonyl (C=O) groups is 2. The summed E-state index contributed by atoms with van der Waals surface area (Å²) in [6, 6.07) is 1.88. The van der Waals surface area contributed by atoms with Gasteiger partial charge in [0.15, 0.2) is 5.41 Å². The van der Waals surface area contributed by atoms with E-state index in [4.69, 9.17) is 9.47 Å². The lowest BCUT2D eigenvalue weighted by atomic mass is 9.82. The van der Waals surface area contributed by atoms with Gasteiger partial charge in [-0.1, -0.05) is 6.08 Å². The number of carbonyl (C=O) groups excluding carboxylic acids is 2. The first-order valence-corrected chi connectivity index (χ1v) is 6.12. The third-order valence-electron chi connectivity index (χ3n) is 2.25. The number of nitriles is 1. The maximum Gasteiger partial charge on any atom is 0.327 e. The van der Waals surface area contributed by atoms with Crippen molar-refractivity contribution in [2.24, 2.45) is 5.41 Å². The van der Waals surface area contributed by atoms with Crippen LogP contribution in [0.2, 0.25) is 0 Å². The van der Waals surface area contributed by atoms with Crippen LogP contribution < -0.4 is 0 Å². The fourth-order valence-corrected chi connectivity index (χ4v) is 1.44. The normalized spacial score (nSPS) is 13.8. The average molecular weight is 267 g/mol. The molecule has 0 aliphatic rings. The van der Waals surface area contributed by atoms with E-state index in [9.17, 15) is 14.9 Å². The van der Waals surface area contributed by atoms with Crippen molar-refractivity contribution in [2.75, 3.05) is 6.61 Å². The molecule has 0 N–H and O–H groups in total. The Balaban J connectivity index is 5.17. The largest absolute Gasteiger partial charge is 0.466 e. The number of ether oxygens (including phenoxy) is 2. The molecule has 0 aromatic rings. The van der Waals surface area contributed by atoms with Gasteiger partial charge in [-0.25, -0.2) is 0 Å². The monoisotopic (exact) mass is 267 g/mol. The topological polar surface area (TPSA) is 76.4 Å². The highest BCUT2D eigenvalue weighted by molar-refractivity contribution is 5.86. The molecule has 0 aromatic carbocycles. The van der Waals surface area contributed by atoms with E-state index in [1.807, 2.05) is 6.07 Å². The van der Waals surface area contributed by atoms with Gasteiger partial charge in [0.1, 0.15) is 5.60 Å². The highest BCUT2D eigenvalue weighted by Gasteiger charge is 2.43. The van der Waals surface area contributed by atoms with E-state index in [0.29, 0.717) is 0 Å². The third-order valence-corrected chi connectivity index (χ3v) is 2.25. The maximum absolute atomic E-state index is 12.1. The lowest BCUT2D eigenvalue weighted by Crippen LogP contribution is -2.38. The Hall–Kier alpha value is -1.83. The molecule has 0 amide bonds. The van der Waals surface area contributed by atoms with E-state index in [2.05, 4.69) is 6.58 Å². The lowest BCUT2D eigenvalue weighted by Gasteiger charge is -2.27. The minimum absolute atomic E-state index is 0.0389. The van der Waals surface area contributed by atoms with Gasteiger partial charge in [-0.3, -0.25) is 9.59 Å². The van der Waals surface area contributed by atoms with Crippen molar-refractivity contribution < 1.29 is 19.1 Å². The van der Waals surface area contributed by atoms with Crippen molar-refractivity contribution in [2.45, 2.75) is 46.1 Å². The lowest BCUT2D eigenvalue weighted by molar-refractivity contribution is -0.168. The highest BCUT2D eigenvalue weighted by Crippen LogP contribution is 2.30. The van der Waals surface area contributed by atoms with Gasteiger partial charge in [0, 0.05) is 0 Å². The molecule has 106 valence electrons. The first-order chi connectivity index (χ1) is 8.70.